The van der Waals surface area contributed by atoms with Crippen molar-refractivity contribution in [2.75, 3.05) is 33.3 Å². The minimum Gasteiger partial charge on any atom is -0.497 e. The summed E-state index contributed by atoms with van der Waals surface area (Å²) in [6, 6.07) is 7.48. The molecule has 110 valence electrons. The van der Waals surface area contributed by atoms with Crippen LogP contribution in [-0.4, -0.2) is 44.1 Å². The predicted octanol–water partition coefficient (Wildman–Crippen LogP) is 1.11. The van der Waals surface area contributed by atoms with E-state index in [1.54, 1.807) is 7.11 Å². The zero-order valence-electron chi connectivity index (χ0n) is 12.3. The maximum Gasteiger partial charge on any atom is 0.298 e. The van der Waals surface area contributed by atoms with Gasteiger partial charge in [0.15, 0.2) is 0 Å². The molecule has 2 saturated heterocycles. The van der Waals surface area contributed by atoms with Crippen LogP contribution in [0.1, 0.15) is 12.0 Å². The second kappa shape index (κ2) is 6.19. The summed E-state index contributed by atoms with van der Waals surface area (Å²) < 4.78 is 5.16. The summed E-state index contributed by atoms with van der Waals surface area (Å²) in [5.41, 5.74) is 0.807. The summed E-state index contributed by atoms with van der Waals surface area (Å²) in [5, 5.41) is 3.43. The fourth-order valence-corrected chi connectivity index (χ4v) is 3.18. The van der Waals surface area contributed by atoms with Crippen LogP contribution in [0, 0.1) is 23.7 Å². The zero-order valence-corrected chi connectivity index (χ0v) is 12.3. The Bertz CT molecular complexity index is 576. The maximum atomic E-state index is 12.3. The number of hydrogen-bond acceptors (Lipinski definition) is 3. The lowest BCUT2D eigenvalue weighted by Crippen LogP contribution is -2.52. The number of amides is 1. The van der Waals surface area contributed by atoms with E-state index >= 15 is 0 Å². The van der Waals surface area contributed by atoms with E-state index in [1.165, 1.54) is 6.42 Å². The molecule has 2 atom stereocenters. The topological polar surface area (TPSA) is 41.6 Å². The average molecular weight is 284 g/mol. The summed E-state index contributed by atoms with van der Waals surface area (Å²) in [6.45, 7) is 3.69. The van der Waals surface area contributed by atoms with Crippen molar-refractivity contribution < 1.29 is 9.53 Å². The van der Waals surface area contributed by atoms with Crippen LogP contribution in [0.25, 0.3) is 0 Å². The van der Waals surface area contributed by atoms with Gasteiger partial charge in [0.25, 0.3) is 5.91 Å². The van der Waals surface area contributed by atoms with E-state index in [2.05, 4.69) is 17.2 Å². The first kappa shape index (κ1) is 14.0. The molecule has 21 heavy (non-hydrogen) atoms. The van der Waals surface area contributed by atoms with Gasteiger partial charge in [-0.2, -0.15) is 0 Å². The van der Waals surface area contributed by atoms with Crippen molar-refractivity contribution in [3.05, 3.63) is 29.8 Å². The highest BCUT2D eigenvalue weighted by molar-refractivity contribution is 5.94. The van der Waals surface area contributed by atoms with Gasteiger partial charge in [0, 0.05) is 24.6 Å². The van der Waals surface area contributed by atoms with E-state index in [1.807, 2.05) is 29.2 Å². The Balaban J connectivity index is 1.67. The quantitative estimate of drug-likeness (QED) is 0.786. The van der Waals surface area contributed by atoms with Crippen LogP contribution in [0.15, 0.2) is 24.3 Å². The number of piperidine rings is 2. The summed E-state index contributed by atoms with van der Waals surface area (Å²) in [5.74, 6) is 7.58. The van der Waals surface area contributed by atoms with Crippen LogP contribution in [0.2, 0.25) is 0 Å². The van der Waals surface area contributed by atoms with Crippen molar-refractivity contribution in [3.8, 4) is 17.6 Å². The van der Waals surface area contributed by atoms with Crippen LogP contribution in [0.3, 0.4) is 0 Å². The number of benzene rings is 1. The number of carbonyl (C=O) groups excluding carboxylic acids is 1. The van der Waals surface area contributed by atoms with Gasteiger partial charge in [-0.25, -0.2) is 0 Å². The summed E-state index contributed by atoms with van der Waals surface area (Å²) >= 11 is 0. The highest BCUT2D eigenvalue weighted by Gasteiger charge is 2.31. The fourth-order valence-electron chi connectivity index (χ4n) is 3.18. The van der Waals surface area contributed by atoms with E-state index in [4.69, 9.17) is 4.74 Å². The first-order chi connectivity index (χ1) is 10.2. The Labute approximate surface area is 125 Å². The first-order valence-corrected chi connectivity index (χ1v) is 7.40. The van der Waals surface area contributed by atoms with E-state index < -0.39 is 0 Å². The number of hydrogen-bond donors (Lipinski definition) is 1. The third-order valence-corrected chi connectivity index (χ3v) is 4.16. The third kappa shape index (κ3) is 3.37. The smallest absolute Gasteiger partial charge is 0.298 e. The average Bonchev–Trinajstić information content (AvgIpc) is 2.52. The van der Waals surface area contributed by atoms with Crippen molar-refractivity contribution in [2.24, 2.45) is 11.8 Å². The van der Waals surface area contributed by atoms with Gasteiger partial charge in [0.05, 0.1) is 7.11 Å². The third-order valence-electron chi connectivity index (χ3n) is 4.16. The van der Waals surface area contributed by atoms with Crippen LogP contribution in [-0.2, 0) is 4.79 Å². The van der Waals surface area contributed by atoms with Crippen molar-refractivity contribution in [1.29, 1.82) is 0 Å². The molecule has 4 heteroatoms. The minimum absolute atomic E-state index is 0.0607. The second-order valence-electron chi connectivity index (χ2n) is 5.82. The van der Waals surface area contributed by atoms with E-state index in [0.717, 1.165) is 37.5 Å². The lowest BCUT2D eigenvalue weighted by molar-refractivity contribution is -0.128. The molecular weight excluding hydrogens is 264 g/mol. The number of carbonyl (C=O) groups is 1. The summed E-state index contributed by atoms with van der Waals surface area (Å²) in [7, 11) is 1.62. The molecule has 3 rings (SSSR count). The summed E-state index contributed by atoms with van der Waals surface area (Å²) in [6.07, 6.45) is 1.24. The molecule has 2 bridgehead atoms. The molecule has 1 N–H and O–H groups in total. The van der Waals surface area contributed by atoms with Gasteiger partial charge in [-0.3, -0.25) is 4.79 Å². The Morgan fingerprint density at radius 1 is 1.33 bits per heavy atom. The second-order valence-corrected chi connectivity index (χ2v) is 5.82. The number of ether oxygens (including phenoxy) is 1. The molecule has 1 amide bonds. The molecule has 0 aliphatic carbocycles. The largest absolute Gasteiger partial charge is 0.497 e. The molecule has 0 unspecified atom stereocenters. The Morgan fingerprint density at radius 2 is 2.10 bits per heavy atom. The highest BCUT2D eigenvalue weighted by atomic mass is 16.5. The molecular formula is C17H20N2O2. The monoisotopic (exact) mass is 284 g/mol. The van der Waals surface area contributed by atoms with Crippen molar-refractivity contribution in [1.82, 2.24) is 10.2 Å². The van der Waals surface area contributed by atoms with Crippen molar-refractivity contribution >= 4 is 5.91 Å². The van der Waals surface area contributed by atoms with E-state index in [0.29, 0.717) is 11.8 Å². The molecule has 0 radical (unpaired) electrons. The molecule has 2 aliphatic heterocycles. The molecule has 2 aliphatic rings. The molecule has 1 aromatic carbocycles. The molecule has 0 spiro atoms. The Hall–Kier alpha value is -1.99. The number of rotatable bonds is 1. The molecule has 4 nitrogen and oxygen atoms in total. The Morgan fingerprint density at radius 3 is 2.81 bits per heavy atom. The minimum atomic E-state index is -0.0607. The number of methoxy groups -OCH3 is 1. The fraction of sp³-hybridized carbons (Fsp3) is 0.471. The molecule has 2 fully saturated rings. The molecule has 1 aromatic rings. The van der Waals surface area contributed by atoms with Gasteiger partial charge in [-0.1, -0.05) is 12.0 Å². The van der Waals surface area contributed by atoms with Crippen LogP contribution >= 0.6 is 0 Å². The van der Waals surface area contributed by atoms with Gasteiger partial charge in [0.1, 0.15) is 5.75 Å². The van der Waals surface area contributed by atoms with Gasteiger partial charge in [0.2, 0.25) is 0 Å². The standard InChI is InChI=1S/C17H20N2O2/c1-21-16-4-2-3-13(8-16)5-6-17(20)19-11-14-7-15(12-19)10-18-9-14/h2-4,8,14-15,18H,7,9-12H2,1H3/t14-,15+. The number of nitrogens with one attached hydrogen (secondary N) is 1. The number of nitrogens with zero attached hydrogens (tertiary/aromatic N) is 1. The lowest BCUT2D eigenvalue weighted by atomic mass is 9.86. The van der Waals surface area contributed by atoms with Gasteiger partial charge in [-0.15, -0.1) is 0 Å². The maximum absolute atomic E-state index is 12.3. The van der Waals surface area contributed by atoms with E-state index in [9.17, 15) is 4.79 Å². The van der Waals surface area contributed by atoms with Gasteiger partial charge in [-0.05, 0) is 49.5 Å². The number of fused-ring (bicyclic) bond motifs is 2. The summed E-state index contributed by atoms with van der Waals surface area (Å²) in [4.78, 5) is 14.2. The van der Waals surface area contributed by atoms with Crippen LogP contribution in [0.4, 0.5) is 0 Å². The molecule has 0 saturated carbocycles. The molecule has 0 aromatic heterocycles. The van der Waals surface area contributed by atoms with Crippen molar-refractivity contribution in [2.45, 2.75) is 6.42 Å². The Kier molecular flexibility index (Phi) is 4.12. The van der Waals surface area contributed by atoms with Gasteiger partial charge >= 0.3 is 0 Å². The molecule has 2 heterocycles. The number of likely N-dealkylation sites (tertiary alicyclic amines) is 1. The van der Waals surface area contributed by atoms with Crippen LogP contribution < -0.4 is 10.1 Å². The SMILES string of the molecule is COc1cccc(C#CC(=O)N2C[C@@H]3CNC[C@@H](C3)C2)c1. The van der Waals surface area contributed by atoms with E-state index in [-0.39, 0.29) is 5.91 Å². The van der Waals surface area contributed by atoms with Gasteiger partial charge < -0.3 is 15.0 Å². The predicted molar refractivity (Wildman–Crippen MR) is 80.9 cm³/mol. The van der Waals surface area contributed by atoms with Crippen LogP contribution in [0.5, 0.6) is 5.75 Å². The lowest BCUT2D eigenvalue weighted by Gasteiger charge is -2.40. The highest BCUT2D eigenvalue weighted by Crippen LogP contribution is 2.24. The van der Waals surface area contributed by atoms with Crippen molar-refractivity contribution in [3.63, 3.8) is 0 Å². The first-order valence-electron chi connectivity index (χ1n) is 7.40. The normalized spacial score (nSPS) is 24.0. The zero-order chi connectivity index (χ0) is 14.7.